The van der Waals surface area contributed by atoms with E-state index in [9.17, 15) is 14.7 Å². The minimum atomic E-state index is -0.807. The van der Waals surface area contributed by atoms with E-state index in [1.807, 2.05) is 0 Å². The first-order chi connectivity index (χ1) is 9.22. The fourth-order valence-electron chi connectivity index (χ4n) is 1.44. The molecule has 0 spiro atoms. The molecular formula is C14H21N3O3. The smallest absolute Gasteiger partial charge is 0.319 e. The van der Waals surface area contributed by atoms with Crippen LogP contribution in [0.2, 0.25) is 0 Å². The Morgan fingerprint density at radius 1 is 1.40 bits per heavy atom. The lowest BCUT2D eigenvalue weighted by Gasteiger charge is -2.20. The van der Waals surface area contributed by atoms with Gasteiger partial charge in [-0.1, -0.05) is 12.1 Å². The van der Waals surface area contributed by atoms with Crippen molar-refractivity contribution in [1.82, 2.24) is 5.32 Å². The van der Waals surface area contributed by atoms with Gasteiger partial charge in [0.05, 0.1) is 11.5 Å². The molecule has 0 aliphatic heterocycles. The summed E-state index contributed by atoms with van der Waals surface area (Å²) in [5, 5.41) is 14.7. The van der Waals surface area contributed by atoms with E-state index < -0.39 is 23.5 Å². The van der Waals surface area contributed by atoms with Crippen LogP contribution in [0.4, 0.5) is 10.5 Å². The van der Waals surface area contributed by atoms with Crippen LogP contribution in [0.1, 0.15) is 32.4 Å². The van der Waals surface area contributed by atoms with Gasteiger partial charge < -0.3 is 21.5 Å². The SMILES string of the molecule is CC(O)c1cccc(NC(=O)NCC(C)(C)C(N)=O)c1. The third kappa shape index (κ3) is 4.55. The van der Waals surface area contributed by atoms with Crippen LogP contribution in [0.3, 0.4) is 0 Å². The molecule has 0 heterocycles. The van der Waals surface area contributed by atoms with Gasteiger partial charge in [0, 0.05) is 12.2 Å². The number of benzene rings is 1. The molecule has 0 fully saturated rings. The zero-order valence-electron chi connectivity index (χ0n) is 11.9. The van der Waals surface area contributed by atoms with Crippen molar-refractivity contribution in [3.05, 3.63) is 29.8 Å². The molecule has 6 nitrogen and oxygen atoms in total. The van der Waals surface area contributed by atoms with Gasteiger partial charge in [-0.2, -0.15) is 0 Å². The van der Waals surface area contributed by atoms with Crippen LogP contribution in [0.5, 0.6) is 0 Å². The number of primary amides is 1. The molecule has 1 rings (SSSR count). The second-order valence-corrected chi connectivity index (χ2v) is 5.36. The molecule has 1 aromatic carbocycles. The summed E-state index contributed by atoms with van der Waals surface area (Å²) in [5.74, 6) is -0.478. The Bertz CT molecular complexity index is 498. The number of anilines is 1. The molecule has 6 heteroatoms. The van der Waals surface area contributed by atoms with Crippen molar-refractivity contribution in [2.24, 2.45) is 11.1 Å². The van der Waals surface area contributed by atoms with Crippen LogP contribution >= 0.6 is 0 Å². The summed E-state index contributed by atoms with van der Waals surface area (Å²) in [7, 11) is 0. The molecule has 5 N–H and O–H groups in total. The normalized spacial score (nSPS) is 12.6. The maximum absolute atomic E-state index is 11.7. The third-order valence-electron chi connectivity index (χ3n) is 2.98. The summed E-state index contributed by atoms with van der Waals surface area (Å²) in [5.41, 5.74) is 5.69. The van der Waals surface area contributed by atoms with E-state index >= 15 is 0 Å². The zero-order valence-corrected chi connectivity index (χ0v) is 11.9. The van der Waals surface area contributed by atoms with E-state index in [-0.39, 0.29) is 6.54 Å². The molecule has 1 unspecified atom stereocenters. The molecule has 1 aromatic rings. The molecule has 20 heavy (non-hydrogen) atoms. The van der Waals surface area contributed by atoms with Crippen LogP contribution in [-0.4, -0.2) is 23.6 Å². The summed E-state index contributed by atoms with van der Waals surface area (Å²) in [6, 6.07) is 6.48. The fraction of sp³-hybridized carbons (Fsp3) is 0.429. The fourth-order valence-corrected chi connectivity index (χ4v) is 1.44. The highest BCUT2D eigenvalue weighted by Gasteiger charge is 2.25. The number of hydrogen-bond donors (Lipinski definition) is 4. The van der Waals surface area contributed by atoms with Crippen molar-refractivity contribution in [3.8, 4) is 0 Å². The zero-order chi connectivity index (χ0) is 15.3. The third-order valence-corrected chi connectivity index (χ3v) is 2.98. The number of nitrogens with two attached hydrogens (primary N) is 1. The average Bonchev–Trinajstić information content (AvgIpc) is 2.36. The van der Waals surface area contributed by atoms with Crippen LogP contribution in [0.25, 0.3) is 0 Å². The van der Waals surface area contributed by atoms with E-state index in [2.05, 4.69) is 10.6 Å². The first-order valence-corrected chi connectivity index (χ1v) is 6.35. The molecule has 0 aliphatic carbocycles. The predicted octanol–water partition coefficient (Wildman–Crippen LogP) is 1.37. The number of hydrogen-bond acceptors (Lipinski definition) is 3. The number of rotatable bonds is 5. The van der Waals surface area contributed by atoms with Crippen LogP contribution in [-0.2, 0) is 4.79 Å². The predicted molar refractivity (Wildman–Crippen MR) is 77.1 cm³/mol. The highest BCUT2D eigenvalue weighted by atomic mass is 16.3. The van der Waals surface area contributed by atoms with Crippen molar-refractivity contribution in [3.63, 3.8) is 0 Å². The van der Waals surface area contributed by atoms with Gasteiger partial charge in [-0.3, -0.25) is 4.79 Å². The first-order valence-electron chi connectivity index (χ1n) is 6.35. The van der Waals surface area contributed by atoms with E-state index in [0.717, 1.165) is 0 Å². The lowest BCUT2D eigenvalue weighted by atomic mass is 9.93. The van der Waals surface area contributed by atoms with Crippen LogP contribution in [0, 0.1) is 5.41 Å². The summed E-state index contributed by atoms with van der Waals surface area (Å²) in [6.07, 6.45) is -0.603. The van der Waals surface area contributed by atoms with E-state index in [1.165, 1.54) is 0 Å². The Morgan fingerprint density at radius 3 is 2.60 bits per heavy atom. The Balaban J connectivity index is 2.59. The number of aliphatic hydroxyl groups is 1. The van der Waals surface area contributed by atoms with Gasteiger partial charge in [-0.05, 0) is 38.5 Å². The monoisotopic (exact) mass is 279 g/mol. The second-order valence-electron chi connectivity index (χ2n) is 5.36. The molecule has 0 aliphatic rings. The Morgan fingerprint density at radius 2 is 2.05 bits per heavy atom. The summed E-state index contributed by atoms with van der Waals surface area (Å²) >= 11 is 0. The van der Waals surface area contributed by atoms with Gasteiger partial charge in [-0.15, -0.1) is 0 Å². The van der Waals surface area contributed by atoms with Gasteiger partial charge in [-0.25, -0.2) is 4.79 Å². The number of carbonyl (C=O) groups excluding carboxylic acids is 2. The van der Waals surface area contributed by atoms with Crippen LogP contribution in [0.15, 0.2) is 24.3 Å². The maximum Gasteiger partial charge on any atom is 0.319 e. The molecule has 3 amide bonds. The summed E-state index contributed by atoms with van der Waals surface area (Å²) < 4.78 is 0. The topological polar surface area (TPSA) is 104 Å². The highest BCUT2D eigenvalue weighted by molar-refractivity contribution is 5.90. The number of aliphatic hydroxyl groups excluding tert-OH is 1. The summed E-state index contributed by atoms with van der Waals surface area (Å²) in [4.78, 5) is 22.9. The molecule has 0 saturated heterocycles. The molecule has 0 aromatic heterocycles. The van der Waals surface area contributed by atoms with Crippen LogP contribution < -0.4 is 16.4 Å². The van der Waals surface area contributed by atoms with Gasteiger partial charge in [0.25, 0.3) is 0 Å². The van der Waals surface area contributed by atoms with Gasteiger partial charge in [0.1, 0.15) is 0 Å². The lowest BCUT2D eigenvalue weighted by Crippen LogP contribution is -2.43. The molecule has 1 atom stereocenters. The highest BCUT2D eigenvalue weighted by Crippen LogP contribution is 2.17. The summed E-state index contributed by atoms with van der Waals surface area (Å²) in [6.45, 7) is 5.10. The Kier molecular flexibility index (Phi) is 5.10. The minimum Gasteiger partial charge on any atom is -0.389 e. The second kappa shape index (κ2) is 6.38. The molecular weight excluding hydrogens is 258 g/mol. The van der Waals surface area contributed by atoms with E-state index in [0.29, 0.717) is 11.3 Å². The number of nitrogens with one attached hydrogen (secondary N) is 2. The average molecular weight is 279 g/mol. The van der Waals surface area contributed by atoms with Crippen molar-refractivity contribution >= 4 is 17.6 Å². The minimum absolute atomic E-state index is 0.143. The number of amides is 3. The van der Waals surface area contributed by atoms with E-state index in [4.69, 9.17) is 5.73 Å². The largest absolute Gasteiger partial charge is 0.389 e. The van der Waals surface area contributed by atoms with Gasteiger partial charge in [0.2, 0.25) is 5.91 Å². The van der Waals surface area contributed by atoms with Crippen molar-refractivity contribution in [2.75, 3.05) is 11.9 Å². The standard InChI is InChI=1S/C14H21N3O3/c1-9(18)10-5-4-6-11(7-10)17-13(20)16-8-14(2,3)12(15)19/h4-7,9,18H,8H2,1-3H3,(H2,15,19)(H2,16,17,20). The van der Waals surface area contributed by atoms with Crippen molar-refractivity contribution < 1.29 is 14.7 Å². The number of urea groups is 1. The molecule has 0 bridgehead atoms. The molecule has 0 radical (unpaired) electrons. The quantitative estimate of drug-likeness (QED) is 0.654. The Hall–Kier alpha value is -2.08. The van der Waals surface area contributed by atoms with E-state index in [1.54, 1.807) is 45.0 Å². The van der Waals surface area contributed by atoms with Crippen molar-refractivity contribution in [1.29, 1.82) is 0 Å². The number of carbonyl (C=O) groups is 2. The molecule has 110 valence electrons. The van der Waals surface area contributed by atoms with Gasteiger partial charge in [0.15, 0.2) is 0 Å². The van der Waals surface area contributed by atoms with Crippen molar-refractivity contribution in [2.45, 2.75) is 26.9 Å². The first kappa shape index (κ1) is 16.0. The Labute approximate surface area is 118 Å². The molecule has 0 saturated carbocycles. The van der Waals surface area contributed by atoms with Gasteiger partial charge >= 0.3 is 6.03 Å². The maximum atomic E-state index is 11.7. The lowest BCUT2D eigenvalue weighted by molar-refractivity contribution is -0.125.